The van der Waals surface area contributed by atoms with E-state index < -0.39 is 17.3 Å². The molecule has 1 aromatic carbocycles. The summed E-state index contributed by atoms with van der Waals surface area (Å²) in [6.07, 6.45) is 1.09. The van der Waals surface area contributed by atoms with Crippen molar-refractivity contribution in [2.24, 2.45) is 16.7 Å². The average Bonchev–Trinajstić information content (AvgIpc) is 2.50. The van der Waals surface area contributed by atoms with Gasteiger partial charge >= 0.3 is 0 Å². The first-order chi connectivity index (χ1) is 12.9. The first-order valence-electron chi connectivity index (χ1n) is 9.70. The third kappa shape index (κ3) is 3.89. The second-order valence-electron chi connectivity index (χ2n) is 9.80. The number of phenols is 1. The molecule has 1 aromatic rings. The van der Waals surface area contributed by atoms with Crippen LogP contribution in [0.5, 0.6) is 5.75 Å². The molecule has 0 saturated heterocycles. The van der Waals surface area contributed by atoms with Crippen LogP contribution in [0.4, 0.5) is 0 Å². The number of aliphatic hydroxyl groups is 1. The highest BCUT2D eigenvalue weighted by atomic mass is 16.3. The second kappa shape index (κ2) is 6.87. The van der Waals surface area contributed by atoms with Gasteiger partial charge in [0.1, 0.15) is 23.1 Å². The molecule has 0 aliphatic heterocycles. The third-order valence-corrected chi connectivity index (χ3v) is 5.79. The lowest BCUT2D eigenvalue weighted by atomic mass is 9.62. The number of hydrogen-bond acceptors (Lipinski definition) is 5. The van der Waals surface area contributed by atoms with Crippen molar-refractivity contribution in [2.75, 3.05) is 0 Å². The van der Waals surface area contributed by atoms with Crippen LogP contribution < -0.4 is 0 Å². The molecule has 0 aromatic heterocycles. The van der Waals surface area contributed by atoms with Gasteiger partial charge in [0.2, 0.25) is 0 Å². The van der Waals surface area contributed by atoms with Crippen molar-refractivity contribution in [1.29, 1.82) is 0 Å². The maximum absolute atomic E-state index is 13.0. The number of ketones is 3. The number of hydrogen-bond donors (Lipinski definition) is 2. The Bertz CT molecular complexity index is 837. The van der Waals surface area contributed by atoms with Crippen LogP contribution in [0, 0.1) is 16.7 Å². The molecule has 0 amide bonds. The molecule has 1 unspecified atom stereocenters. The van der Waals surface area contributed by atoms with Gasteiger partial charge in [0, 0.05) is 37.2 Å². The Morgan fingerprint density at radius 2 is 1.32 bits per heavy atom. The van der Waals surface area contributed by atoms with Gasteiger partial charge in [-0.25, -0.2) is 0 Å². The highest BCUT2D eigenvalue weighted by molar-refractivity contribution is 6.09. The van der Waals surface area contributed by atoms with Crippen LogP contribution >= 0.6 is 0 Å². The molecule has 2 N–H and O–H groups in total. The molecule has 2 aliphatic rings. The zero-order chi connectivity index (χ0) is 20.9. The Balaban J connectivity index is 2.14. The fourth-order valence-electron chi connectivity index (χ4n) is 4.64. The minimum absolute atomic E-state index is 0.0373. The van der Waals surface area contributed by atoms with Gasteiger partial charge in [-0.1, -0.05) is 39.8 Å². The molecule has 28 heavy (non-hydrogen) atoms. The molecule has 1 atom stereocenters. The minimum Gasteiger partial charge on any atom is -0.512 e. The van der Waals surface area contributed by atoms with Gasteiger partial charge in [-0.15, -0.1) is 0 Å². The predicted molar refractivity (Wildman–Crippen MR) is 105 cm³/mol. The first kappa shape index (κ1) is 20.3. The van der Waals surface area contributed by atoms with E-state index in [0.717, 1.165) is 0 Å². The van der Waals surface area contributed by atoms with Gasteiger partial charge < -0.3 is 10.2 Å². The number of aromatic hydroxyl groups is 1. The van der Waals surface area contributed by atoms with Crippen molar-refractivity contribution in [2.45, 2.75) is 59.3 Å². The first-order valence-corrected chi connectivity index (χ1v) is 9.70. The van der Waals surface area contributed by atoms with E-state index in [1.807, 2.05) is 27.7 Å². The lowest BCUT2D eigenvalue weighted by molar-refractivity contribution is -0.140. The van der Waals surface area contributed by atoms with E-state index in [9.17, 15) is 24.6 Å². The van der Waals surface area contributed by atoms with Crippen LogP contribution in [-0.2, 0) is 14.4 Å². The summed E-state index contributed by atoms with van der Waals surface area (Å²) in [7, 11) is 0. The van der Waals surface area contributed by atoms with Gasteiger partial charge in [0.25, 0.3) is 0 Å². The molecule has 0 spiro atoms. The number of benzene rings is 1. The molecule has 2 aliphatic carbocycles. The van der Waals surface area contributed by atoms with Crippen LogP contribution in [0.15, 0.2) is 35.6 Å². The fraction of sp³-hybridized carbons (Fsp3) is 0.522. The SMILES string of the molecule is CC1(C)CC(=O)C(C(C2=C(O)CC(C)(C)CC2=O)c2ccc(O)cc2)C(=O)C1. The van der Waals surface area contributed by atoms with Crippen LogP contribution in [-0.4, -0.2) is 27.6 Å². The van der Waals surface area contributed by atoms with Crippen molar-refractivity contribution in [3.05, 3.63) is 41.2 Å². The lowest BCUT2D eigenvalue weighted by Crippen LogP contribution is -2.43. The lowest BCUT2D eigenvalue weighted by Gasteiger charge is -2.39. The zero-order valence-electron chi connectivity index (χ0n) is 16.9. The smallest absolute Gasteiger partial charge is 0.163 e. The van der Waals surface area contributed by atoms with Crippen molar-refractivity contribution in [3.63, 3.8) is 0 Å². The number of carbonyl (C=O) groups is 3. The van der Waals surface area contributed by atoms with E-state index in [-0.39, 0.29) is 59.1 Å². The molecule has 150 valence electrons. The molecule has 0 bridgehead atoms. The standard InChI is InChI=1S/C23H28O5/c1-22(2)9-15(25)20(16(26)10-22)19(13-5-7-14(24)8-6-13)21-17(27)11-23(3,4)12-18(21)28/h5-8,19-20,24,27H,9-12H2,1-4H3. The Labute approximate surface area is 165 Å². The molecule has 1 saturated carbocycles. The Morgan fingerprint density at radius 1 is 0.821 bits per heavy atom. The summed E-state index contributed by atoms with van der Waals surface area (Å²) < 4.78 is 0. The van der Waals surface area contributed by atoms with E-state index >= 15 is 0 Å². The summed E-state index contributed by atoms with van der Waals surface area (Å²) in [6, 6.07) is 6.18. The van der Waals surface area contributed by atoms with Gasteiger partial charge in [-0.2, -0.15) is 0 Å². The normalized spacial score (nSPS) is 23.8. The topological polar surface area (TPSA) is 91.7 Å². The van der Waals surface area contributed by atoms with Crippen LogP contribution in [0.2, 0.25) is 0 Å². The molecule has 5 heteroatoms. The number of carbonyl (C=O) groups excluding carboxylic acids is 3. The van der Waals surface area contributed by atoms with Crippen molar-refractivity contribution < 1.29 is 24.6 Å². The number of rotatable bonds is 3. The molecule has 3 rings (SSSR count). The van der Waals surface area contributed by atoms with E-state index in [2.05, 4.69) is 0 Å². The number of aliphatic hydroxyl groups excluding tert-OH is 1. The largest absolute Gasteiger partial charge is 0.512 e. The van der Waals surface area contributed by atoms with Crippen molar-refractivity contribution >= 4 is 17.3 Å². The van der Waals surface area contributed by atoms with Crippen molar-refractivity contribution in [3.8, 4) is 5.75 Å². The number of phenolic OH excluding ortho intramolecular Hbond substituents is 1. The van der Waals surface area contributed by atoms with Gasteiger partial charge in [0.05, 0.1) is 5.92 Å². The summed E-state index contributed by atoms with van der Waals surface area (Å²) in [4.78, 5) is 39.0. The summed E-state index contributed by atoms with van der Waals surface area (Å²) in [5, 5.41) is 20.4. The van der Waals surface area contributed by atoms with Gasteiger partial charge in [0.15, 0.2) is 5.78 Å². The zero-order valence-corrected chi connectivity index (χ0v) is 16.9. The molecule has 1 fully saturated rings. The molecule has 5 nitrogen and oxygen atoms in total. The summed E-state index contributed by atoms with van der Waals surface area (Å²) in [5.74, 6) is -2.41. The Hall–Kier alpha value is -2.43. The predicted octanol–water partition coefficient (Wildman–Crippen LogP) is 4.25. The maximum atomic E-state index is 13.0. The van der Waals surface area contributed by atoms with Gasteiger partial charge in [-0.3, -0.25) is 14.4 Å². The fourth-order valence-corrected chi connectivity index (χ4v) is 4.64. The minimum atomic E-state index is -0.986. The van der Waals surface area contributed by atoms with E-state index in [0.29, 0.717) is 12.0 Å². The summed E-state index contributed by atoms with van der Waals surface area (Å²) >= 11 is 0. The van der Waals surface area contributed by atoms with Crippen molar-refractivity contribution in [1.82, 2.24) is 0 Å². The van der Waals surface area contributed by atoms with Crippen LogP contribution in [0.25, 0.3) is 0 Å². The molecular weight excluding hydrogens is 356 g/mol. The highest BCUT2D eigenvalue weighted by Gasteiger charge is 2.48. The van der Waals surface area contributed by atoms with E-state index in [1.165, 1.54) is 12.1 Å². The molecule has 0 radical (unpaired) electrons. The quantitative estimate of drug-likeness (QED) is 0.760. The second-order valence-corrected chi connectivity index (χ2v) is 9.80. The average molecular weight is 384 g/mol. The van der Waals surface area contributed by atoms with Crippen LogP contribution in [0.3, 0.4) is 0 Å². The third-order valence-electron chi connectivity index (χ3n) is 5.79. The maximum Gasteiger partial charge on any atom is 0.163 e. The molecular formula is C23H28O5. The van der Waals surface area contributed by atoms with E-state index in [4.69, 9.17) is 0 Å². The highest BCUT2D eigenvalue weighted by Crippen LogP contribution is 2.47. The number of Topliss-reactive ketones (excluding diaryl/α,β-unsaturated/α-hetero) is 3. The Kier molecular flexibility index (Phi) is 4.98. The number of allylic oxidation sites excluding steroid dienone is 2. The Morgan fingerprint density at radius 3 is 1.82 bits per heavy atom. The summed E-state index contributed by atoms with van der Waals surface area (Å²) in [5.41, 5.74) is -0.0124. The molecule has 0 heterocycles. The van der Waals surface area contributed by atoms with Gasteiger partial charge in [-0.05, 0) is 28.5 Å². The summed E-state index contributed by atoms with van der Waals surface area (Å²) in [6.45, 7) is 7.60. The monoisotopic (exact) mass is 384 g/mol. The van der Waals surface area contributed by atoms with E-state index in [1.54, 1.807) is 12.1 Å². The van der Waals surface area contributed by atoms with Crippen LogP contribution in [0.1, 0.15) is 64.9 Å².